The molecule has 0 N–H and O–H groups in total. The molecular weight excluding hydrogens is 228 g/mol. The Hall–Kier alpha value is -1.23. The summed E-state index contributed by atoms with van der Waals surface area (Å²) in [6, 6.07) is 2.15. The highest BCUT2D eigenvalue weighted by Gasteiger charge is 2.15. The minimum Gasteiger partial charge on any atom is -0.464 e. The normalized spacial score (nSPS) is 10.5. The molecule has 15 heavy (non-hydrogen) atoms. The molecular formula is C9H8ClF2NO2. The van der Waals surface area contributed by atoms with Crippen molar-refractivity contribution in [1.29, 1.82) is 0 Å². The van der Waals surface area contributed by atoms with Crippen molar-refractivity contribution in [2.24, 2.45) is 0 Å². The number of hydrogen-bond donors (Lipinski definition) is 0. The van der Waals surface area contributed by atoms with Crippen LogP contribution in [0.4, 0.5) is 8.78 Å². The topological polar surface area (TPSA) is 39.2 Å². The van der Waals surface area contributed by atoms with Crippen LogP contribution in [0.1, 0.15) is 28.2 Å². The van der Waals surface area contributed by atoms with Gasteiger partial charge < -0.3 is 4.74 Å². The molecule has 82 valence electrons. The molecule has 1 aromatic heterocycles. The summed E-state index contributed by atoms with van der Waals surface area (Å²) in [5.41, 5.74) is -0.234. The summed E-state index contributed by atoms with van der Waals surface area (Å²) in [4.78, 5) is 14.8. The van der Waals surface area contributed by atoms with E-state index < -0.39 is 12.4 Å². The fraction of sp³-hybridized carbons (Fsp3) is 0.333. The summed E-state index contributed by atoms with van der Waals surface area (Å²) in [5.74, 6) is -0.797. The summed E-state index contributed by atoms with van der Waals surface area (Å²) < 4.78 is 29.2. The van der Waals surface area contributed by atoms with Crippen LogP contribution in [0.5, 0.6) is 0 Å². The van der Waals surface area contributed by atoms with Gasteiger partial charge in [0.15, 0.2) is 0 Å². The number of carbonyl (C=O) groups excluding carboxylic acids is 1. The van der Waals surface area contributed by atoms with E-state index in [0.29, 0.717) is 0 Å². The summed E-state index contributed by atoms with van der Waals surface area (Å²) in [6.07, 6.45) is -2.67. The molecule has 0 aliphatic heterocycles. The van der Waals surface area contributed by atoms with Crippen molar-refractivity contribution in [3.8, 4) is 0 Å². The highest BCUT2D eigenvalue weighted by atomic mass is 35.5. The molecule has 1 aromatic rings. The predicted octanol–water partition coefficient (Wildman–Crippen LogP) is 2.54. The molecule has 0 aromatic carbocycles. The highest BCUT2D eigenvalue weighted by Crippen LogP contribution is 2.21. The van der Waals surface area contributed by atoms with Crippen molar-refractivity contribution < 1.29 is 18.3 Å². The fourth-order valence-corrected chi connectivity index (χ4v) is 1.15. The molecule has 0 atom stereocenters. The lowest BCUT2D eigenvalue weighted by Crippen LogP contribution is -2.07. The lowest BCUT2D eigenvalue weighted by atomic mass is 10.2. The second-order valence-corrected chi connectivity index (χ2v) is 2.97. The minimum absolute atomic E-state index is 0.0371. The Morgan fingerprint density at radius 2 is 2.27 bits per heavy atom. The number of alkyl halides is 3. The van der Waals surface area contributed by atoms with Gasteiger partial charge in [-0.25, -0.2) is 18.6 Å². The van der Waals surface area contributed by atoms with Gasteiger partial charge in [-0.15, -0.1) is 11.6 Å². The number of nitrogens with zero attached hydrogens (tertiary/aromatic N) is 1. The molecule has 0 amide bonds. The molecule has 0 radical (unpaired) electrons. The maximum Gasteiger partial charge on any atom is 0.356 e. The number of hydrogen-bond acceptors (Lipinski definition) is 3. The summed E-state index contributed by atoms with van der Waals surface area (Å²) in [6.45, 7) is 0. The van der Waals surface area contributed by atoms with Crippen LogP contribution < -0.4 is 0 Å². The van der Waals surface area contributed by atoms with Crippen LogP contribution >= 0.6 is 11.6 Å². The van der Waals surface area contributed by atoms with E-state index in [9.17, 15) is 13.6 Å². The second kappa shape index (κ2) is 5.02. The molecule has 0 saturated carbocycles. The number of ether oxygens (including phenoxy) is 1. The van der Waals surface area contributed by atoms with Crippen molar-refractivity contribution in [2.45, 2.75) is 12.3 Å². The maximum atomic E-state index is 12.4. The summed E-state index contributed by atoms with van der Waals surface area (Å²) >= 11 is 5.46. The largest absolute Gasteiger partial charge is 0.464 e. The van der Waals surface area contributed by atoms with Crippen LogP contribution in [-0.4, -0.2) is 18.1 Å². The monoisotopic (exact) mass is 235 g/mol. The van der Waals surface area contributed by atoms with Crippen molar-refractivity contribution in [2.75, 3.05) is 7.11 Å². The minimum atomic E-state index is -2.67. The molecule has 6 heteroatoms. The van der Waals surface area contributed by atoms with E-state index in [2.05, 4.69) is 9.72 Å². The van der Waals surface area contributed by atoms with E-state index in [1.54, 1.807) is 0 Å². The molecule has 3 nitrogen and oxygen atoms in total. The third kappa shape index (κ3) is 2.86. The van der Waals surface area contributed by atoms with Crippen LogP contribution in [0.25, 0.3) is 0 Å². The standard InChI is InChI=1S/C9H8ClF2NO2/c1-15-9(14)7-3-5(8(11)12)2-6(4-10)13-7/h2-3,8H,4H2,1H3. The van der Waals surface area contributed by atoms with Crippen LogP contribution in [0, 0.1) is 0 Å². The molecule has 0 saturated heterocycles. The van der Waals surface area contributed by atoms with Crippen LogP contribution in [0.15, 0.2) is 12.1 Å². The molecule has 0 fully saturated rings. The molecule has 0 spiro atoms. The molecule has 0 aliphatic rings. The molecule has 0 unspecified atom stereocenters. The average molecular weight is 236 g/mol. The van der Waals surface area contributed by atoms with Crippen LogP contribution in [0.3, 0.4) is 0 Å². The van der Waals surface area contributed by atoms with Gasteiger partial charge in [0.25, 0.3) is 6.43 Å². The number of methoxy groups -OCH3 is 1. The Morgan fingerprint density at radius 3 is 2.73 bits per heavy atom. The van der Waals surface area contributed by atoms with E-state index in [-0.39, 0.29) is 22.8 Å². The van der Waals surface area contributed by atoms with Crippen molar-refractivity contribution >= 4 is 17.6 Å². The first-order valence-corrected chi connectivity index (χ1v) is 4.55. The van der Waals surface area contributed by atoms with Gasteiger partial charge in [0.2, 0.25) is 0 Å². The quantitative estimate of drug-likeness (QED) is 0.597. The number of carbonyl (C=O) groups is 1. The Morgan fingerprint density at radius 1 is 1.60 bits per heavy atom. The summed E-state index contributed by atoms with van der Waals surface area (Å²) in [7, 11) is 1.15. The molecule has 0 bridgehead atoms. The van der Waals surface area contributed by atoms with E-state index >= 15 is 0 Å². The zero-order valence-corrected chi connectivity index (χ0v) is 8.59. The van der Waals surface area contributed by atoms with Gasteiger partial charge in [0.1, 0.15) is 5.69 Å². The Labute approximate surface area is 90.0 Å². The maximum absolute atomic E-state index is 12.4. The fourth-order valence-electron chi connectivity index (χ4n) is 1.01. The number of halogens is 3. The Balaban J connectivity index is 3.17. The first-order valence-electron chi connectivity index (χ1n) is 4.01. The number of pyridine rings is 1. The third-order valence-corrected chi connectivity index (χ3v) is 1.96. The van der Waals surface area contributed by atoms with Crippen molar-refractivity contribution in [3.63, 3.8) is 0 Å². The summed E-state index contributed by atoms with van der Waals surface area (Å²) in [5, 5.41) is 0. The highest BCUT2D eigenvalue weighted by molar-refractivity contribution is 6.16. The van der Waals surface area contributed by atoms with Gasteiger partial charge in [-0.1, -0.05) is 0 Å². The van der Waals surface area contributed by atoms with E-state index in [4.69, 9.17) is 11.6 Å². The number of aromatic nitrogens is 1. The van der Waals surface area contributed by atoms with Crippen LogP contribution in [0.2, 0.25) is 0 Å². The van der Waals surface area contributed by atoms with E-state index in [0.717, 1.165) is 19.2 Å². The predicted molar refractivity (Wildman–Crippen MR) is 50.1 cm³/mol. The molecule has 0 aliphatic carbocycles. The van der Waals surface area contributed by atoms with Gasteiger partial charge in [-0.3, -0.25) is 0 Å². The molecule has 1 heterocycles. The Kier molecular flexibility index (Phi) is 3.96. The average Bonchev–Trinajstić information content (AvgIpc) is 2.27. The van der Waals surface area contributed by atoms with Gasteiger partial charge in [0.05, 0.1) is 18.7 Å². The first kappa shape index (κ1) is 11.8. The second-order valence-electron chi connectivity index (χ2n) is 2.70. The third-order valence-electron chi connectivity index (χ3n) is 1.68. The molecule has 1 rings (SSSR count). The van der Waals surface area contributed by atoms with E-state index in [1.807, 2.05) is 0 Å². The van der Waals surface area contributed by atoms with Crippen molar-refractivity contribution in [3.05, 3.63) is 29.1 Å². The number of esters is 1. The van der Waals surface area contributed by atoms with Gasteiger partial charge in [-0.05, 0) is 12.1 Å². The van der Waals surface area contributed by atoms with E-state index in [1.165, 1.54) is 0 Å². The zero-order chi connectivity index (χ0) is 11.4. The first-order chi connectivity index (χ1) is 7.08. The van der Waals surface area contributed by atoms with Gasteiger partial charge in [-0.2, -0.15) is 0 Å². The Bertz CT molecular complexity index is 371. The lowest BCUT2D eigenvalue weighted by Gasteiger charge is -2.05. The van der Waals surface area contributed by atoms with Gasteiger partial charge in [0, 0.05) is 5.56 Å². The van der Waals surface area contributed by atoms with Gasteiger partial charge >= 0.3 is 5.97 Å². The smallest absolute Gasteiger partial charge is 0.356 e. The van der Waals surface area contributed by atoms with Crippen LogP contribution in [-0.2, 0) is 10.6 Å². The number of rotatable bonds is 3. The zero-order valence-electron chi connectivity index (χ0n) is 7.84. The van der Waals surface area contributed by atoms with Crippen molar-refractivity contribution in [1.82, 2.24) is 4.98 Å². The SMILES string of the molecule is COC(=O)c1cc(C(F)F)cc(CCl)n1. The lowest BCUT2D eigenvalue weighted by molar-refractivity contribution is 0.0593.